The first-order valence-corrected chi connectivity index (χ1v) is 6.25. The van der Waals surface area contributed by atoms with Gasteiger partial charge in [0.2, 0.25) is 0 Å². The van der Waals surface area contributed by atoms with E-state index >= 15 is 0 Å². The molecule has 0 fully saturated rings. The molecule has 0 aromatic rings. The van der Waals surface area contributed by atoms with E-state index in [2.05, 4.69) is 9.93 Å². The van der Waals surface area contributed by atoms with Crippen molar-refractivity contribution in [2.45, 2.75) is 72.5 Å². The fourth-order valence-electron chi connectivity index (χ4n) is 1.41. The fourth-order valence-corrected chi connectivity index (χ4v) is 1.41. The second-order valence-corrected chi connectivity index (χ2v) is 6.48. The molecule has 0 aromatic heterocycles. The van der Waals surface area contributed by atoms with Crippen LogP contribution in [-0.2, 0) is 19.6 Å². The Hall–Kier alpha value is -0.650. The van der Waals surface area contributed by atoms with Gasteiger partial charge in [-0.15, -0.1) is 0 Å². The van der Waals surface area contributed by atoms with Gasteiger partial charge in [0.1, 0.15) is 5.60 Å². The smallest absolute Gasteiger partial charge is 0.345 e. The molecule has 0 aliphatic heterocycles. The minimum Gasteiger partial charge on any atom is -0.393 e. The monoisotopic (exact) mass is 262 g/mol. The van der Waals surface area contributed by atoms with Crippen LogP contribution in [0, 0.1) is 5.41 Å². The fraction of sp³-hybridized carbons (Fsp3) is 0.923. The number of aliphatic hydroxyl groups is 1. The molecule has 0 rings (SSSR count). The second kappa shape index (κ2) is 7.07. The highest BCUT2D eigenvalue weighted by molar-refractivity contribution is 5.68. The van der Waals surface area contributed by atoms with Crippen LogP contribution in [0.3, 0.4) is 0 Å². The van der Waals surface area contributed by atoms with Crippen LogP contribution in [0.5, 0.6) is 0 Å². The minimum atomic E-state index is -0.710. The van der Waals surface area contributed by atoms with E-state index in [9.17, 15) is 9.90 Å². The Balaban J connectivity index is 3.80. The first-order valence-electron chi connectivity index (χ1n) is 6.25. The molecule has 18 heavy (non-hydrogen) atoms. The molecule has 0 spiro atoms. The highest BCUT2D eigenvalue weighted by Crippen LogP contribution is 2.21. The quantitative estimate of drug-likeness (QED) is 0.564. The summed E-state index contributed by atoms with van der Waals surface area (Å²) in [6.45, 7) is 11.3. The van der Waals surface area contributed by atoms with Gasteiger partial charge in [-0.1, -0.05) is 20.8 Å². The van der Waals surface area contributed by atoms with Gasteiger partial charge in [0.15, 0.2) is 0 Å². The first-order chi connectivity index (χ1) is 8.02. The first kappa shape index (κ1) is 17.4. The van der Waals surface area contributed by atoms with Crippen LogP contribution >= 0.6 is 0 Å². The number of aliphatic hydroxyl groups excluding tert-OH is 1. The largest absolute Gasteiger partial charge is 0.393 e. The van der Waals surface area contributed by atoms with Crippen molar-refractivity contribution in [2.24, 2.45) is 5.41 Å². The Morgan fingerprint density at radius 3 is 2.22 bits per heavy atom. The SMILES string of the molecule is CC(O)CC(C)(C)OOOC(=O)CCC(C)(C)C. The van der Waals surface area contributed by atoms with E-state index in [1.54, 1.807) is 20.8 Å². The van der Waals surface area contributed by atoms with Gasteiger partial charge in [-0.2, -0.15) is 4.89 Å². The number of hydrogen-bond acceptors (Lipinski definition) is 5. The van der Waals surface area contributed by atoms with Gasteiger partial charge in [-0.3, -0.25) is 4.89 Å². The number of carbonyl (C=O) groups excluding carboxylic acids is 1. The van der Waals surface area contributed by atoms with Gasteiger partial charge in [0.25, 0.3) is 0 Å². The Bertz CT molecular complexity index is 253. The van der Waals surface area contributed by atoms with Gasteiger partial charge in [-0.25, -0.2) is 4.79 Å². The van der Waals surface area contributed by atoms with Gasteiger partial charge in [-0.05, 0) is 37.6 Å². The van der Waals surface area contributed by atoms with Crippen molar-refractivity contribution in [1.29, 1.82) is 0 Å². The number of rotatable bonds is 7. The van der Waals surface area contributed by atoms with E-state index in [0.29, 0.717) is 12.8 Å². The third-order valence-electron chi connectivity index (χ3n) is 2.25. The van der Waals surface area contributed by atoms with Gasteiger partial charge >= 0.3 is 5.97 Å². The molecule has 5 nitrogen and oxygen atoms in total. The molecule has 0 aliphatic rings. The Labute approximate surface area is 109 Å². The Kier molecular flexibility index (Phi) is 6.81. The molecule has 108 valence electrons. The maximum atomic E-state index is 11.3. The third-order valence-corrected chi connectivity index (χ3v) is 2.25. The molecule has 1 N–H and O–H groups in total. The lowest BCUT2D eigenvalue weighted by Crippen LogP contribution is -2.29. The average molecular weight is 262 g/mol. The number of hydrogen-bond donors (Lipinski definition) is 1. The highest BCUT2D eigenvalue weighted by atomic mass is 17.5. The highest BCUT2D eigenvalue weighted by Gasteiger charge is 2.24. The zero-order valence-electron chi connectivity index (χ0n) is 12.3. The molecule has 0 aliphatic carbocycles. The maximum Gasteiger partial charge on any atom is 0.345 e. The van der Waals surface area contributed by atoms with Crippen LogP contribution in [0.4, 0.5) is 0 Å². The molecule has 0 saturated heterocycles. The van der Waals surface area contributed by atoms with Crippen molar-refractivity contribution in [3.8, 4) is 0 Å². The average Bonchev–Trinajstić information content (AvgIpc) is 2.11. The van der Waals surface area contributed by atoms with Crippen molar-refractivity contribution < 1.29 is 24.7 Å². The van der Waals surface area contributed by atoms with E-state index in [-0.39, 0.29) is 11.8 Å². The summed E-state index contributed by atoms with van der Waals surface area (Å²) in [6.07, 6.45) is 0.864. The Morgan fingerprint density at radius 2 is 1.78 bits per heavy atom. The van der Waals surface area contributed by atoms with Crippen molar-refractivity contribution in [1.82, 2.24) is 0 Å². The van der Waals surface area contributed by atoms with Gasteiger partial charge in [0.05, 0.1) is 6.10 Å². The maximum absolute atomic E-state index is 11.3. The van der Waals surface area contributed by atoms with Crippen molar-refractivity contribution >= 4 is 5.97 Å². The molecule has 1 atom stereocenters. The van der Waals surface area contributed by atoms with Crippen LogP contribution in [0.25, 0.3) is 0 Å². The number of carbonyl (C=O) groups is 1. The van der Waals surface area contributed by atoms with Crippen LogP contribution < -0.4 is 0 Å². The summed E-state index contributed by atoms with van der Waals surface area (Å²) >= 11 is 0. The summed E-state index contributed by atoms with van der Waals surface area (Å²) in [6, 6.07) is 0. The lowest BCUT2D eigenvalue weighted by Gasteiger charge is -2.23. The Morgan fingerprint density at radius 1 is 1.22 bits per heavy atom. The van der Waals surface area contributed by atoms with Crippen molar-refractivity contribution in [3.63, 3.8) is 0 Å². The standard InChI is InChI=1S/C13H26O5/c1-10(14)9-13(5,6)17-18-16-11(15)7-8-12(2,3)4/h10,14H,7-9H2,1-6H3. The third kappa shape index (κ3) is 10.5. The molecule has 1 unspecified atom stereocenters. The summed E-state index contributed by atoms with van der Waals surface area (Å²) in [5.74, 6) is -0.460. The molecule has 0 amide bonds. The van der Waals surface area contributed by atoms with E-state index < -0.39 is 17.7 Å². The van der Waals surface area contributed by atoms with Crippen molar-refractivity contribution in [2.75, 3.05) is 0 Å². The van der Waals surface area contributed by atoms with E-state index in [4.69, 9.17) is 4.89 Å². The summed E-state index contributed by atoms with van der Waals surface area (Å²) in [5, 5.41) is 13.7. The molecule has 0 heterocycles. The zero-order chi connectivity index (χ0) is 14.4. The summed E-state index contributed by atoms with van der Waals surface area (Å²) in [5.41, 5.74) is -0.635. The van der Waals surface area contributed by atoms with E-state index in [0.717, 1.165) is 0 Å². The molecule has 5 heteroatoms. The molecule has 0 radical (unpaired) electrons. The summed E-state index contributed by atoms with van der Waals surface area (Å²) in [4.78, 5) is 20.8. The normalized spacial score (nSPS) is 14.4. The molecular formula is C13H26O5. The molecule has 0 saturated carbocycles. The van der Waals surface area contributed by atoms with E-state index in [1.807, 2.05) is 20.8 Å². The van der Waals surface area contributed by atoms with Crippen molar-refractivity contribution in [3.05, 3.63) is 0 Å². The lowest BCUT2D eigenvalue weighted by molar-refractivity contribution is -0.518. The summed E-state index contributed by atoms with van der Waals surface area (Å²) < 4.78 is 0. The second-order valence-electron chi connectivity index (χ2n) is 6.48. The van der Waals surface area contributed by atoms with Crippen LogP contribution in [0.15, 0.2) is 0 Å². The van der Waals surface area contributed by atoms with Crippen LogP contribution in [0.2, 0.25) is 0 Å². The van der Waals surface area contributed by atoms with Crippen LogP contribution in [-0.4, -0.2) is 22.8 Å². The van der Waals surface area contributed by atoms with Gasteiger partial charge < -0.3 is 5.11 Å². The predicted octanol–water partition coefficient (Wildman–Crippen LogP) is 2.77. The zero-order valence-corrected chi connectivity index (χ0v) is 12.3. The van der Waals surface area contributed by atoms with Gasteiger partial charge in [0, 0.05) is 12.8 Å². The van der Waals surface area contributed by atoms with E-state index in [1.165, 1.54) is 0 Å². The minimum absolute atomic E-state index is 0.0749. The lowest BCUT2D eigenvalue weighted by atomic mass is 9.91. The molecule has 0 bridgehead atoms. The predicted molar refractivity (Wildman–Crippen MR) is 67.3 cm³/mol. The van der Waals surface area contributed by atoms with Crippen LogP contribution in [0.1, 0.15) is 60.8 Å². The topological polar surface area (TPSA) is 65.0 Å². The summed E-state index contributed by atoms with van der Waals surface area (Å²) in [7, 11) is 0. The molecule has 0 aromatic carbocycles. The molecular weight excluding hydrogens is 236 g/mol.